The zero-order valence-corrected chi connectivity index (χ0v) is 6.64. The van der Waals surface area contributed by atoms with Crippen molar-refractivity contribution in [3.05, 3.63) is 11.1 Å². The first kappa shape index (κ1) is 8.10. The number of aromatic nitrogens is 2. The molecule has 0 fully saturated rings. The summed E-state index contributed by atoms with van der Waals surface area (Å²) in [7, 11) is 0. The summed E-state index contributed by atoms with van der Waals surface area (Å²) < 4.78 is 24.9. The van der Waals surface area contributed by atoms with Gasteiger partial charge in [-0.25, -0.2) is 0 Å². The summed E-state index contributed by atoms with van der Waals surface area (Å²) in [4.78, 5) is 2.98. The van der Waals surface area contributed by atoms with Crippen LogP contribution in [0.25, 0.3) is 0 Å². The Kier molecular flexibility index (Phi) is 2.07. The van der Waals surface area contributed by atoms with Gasteiger partial charge in [0.05, 0.1) is 0 Å². The van der Waals surface area contributed by atoms with Gasteiger partial charge in [-0.3, -0.25) is 0 Å². The molecule has 1 heterocycles. The van der Waals surface area contributed by atoms with Crippen LogP contribution in [0, 0.1) is 5.26 Å². The van der Waals surface area contributed by atoms with Crippen molar-refractivity contribution in [2.24, 2.45) is 0 Å². The second-order valence-corrected chi connectivity index (χ2v) is 3.31. The molecule has 0 aliphatic carbocycles. The molecular weight excluding hydrogens is 205 g/mol. The summed E-state index contributed by atoms with van der Waals surface area (Å²) >= 11 is 10.2. The highest BCUT2D eigenvalue weighted by molar-refractivity contribution is 7.03. The number of hydrogen-bond donors (Lipinski definition) is 0. The lowest BCUT2D eigenvalue weighted by molar-refractivity contribution is 0.386. The van der Waals surface area contributed by atoms with Crippen LogP contribution in [0.2, 0.25) is 0 Å². The largest absolute Gasteiger partial charge is 0.318 e. The molecule has 0 unspecified atom stereocenters. The van der Waals surface area contributed by atoms with Crippen molar-refractivity contribution < 1.29 is 8.78 Å². The second-order valence-electron chi connectivity index (χ2n) is 1.37. The van der Waals surface area contributed by atoms with Crippen molar-refractivity contribution in [2.45, 2.75) is 4.59 Å². The predicted molar refractivity (Wildman–Crippen MR) is 34.4 cm³/mol. The SMILES string of the molecule is Fc1nc(C(F)(Cl)Cl)ns1. The van der Waals surface area contributed by atoms with Crippen molar-refractivity contribution in [3.63, 3.8) is 0 Å². The van der Waals surface area contributed by atoms with Gasteiger partial charge in [-0.05, 0) is 0 Å². The highest BCUT2D eigenvalue weighted by atomic mass is 35.5. The van der Waals surface area contributed by atoms with E-state index in [4.69, 9.17) is 23.2 Å². The van der Waals surface area contributed by atoms with Crippen LogP contribution in [-0.2, 0) is 4.59 Å². The molecule has 0 saturated heterocycles. The molecule has 0 N–H and O–H groups in total. The van der Waals surface area contributed by atoms with Gasteiger partial charge in [-0.1, -0.05) is 23.2 Å². The Morgan fingerprint density at radius 2 is 2.10 bits per heavy atom. The van der Waals surface area contributed by atoms with Crippen molar-refractivity contribution in [2.75, 3.05) is 0 Å². The standard InChI is InChI=1S/C3Cl2F2N2S/c4-3(5,7)1-8-2(6)10-9-1. The maximum Gasteiger partial charge on any atom is 0.318 e. The number of halogens is 4. The van der Waals surface area contributed by atoms with E-state index < -0.39 is 15.7 Å². The van der Waals surface area contributed by atoms with E-state index in [-0.39, 0.29) is 0 Å². The maximum absolute atomic E-state index is 12.4. The summed E-state index contributed by atoms with van der Waals surface area (Å²) in [5.41, 5.74) is 0. The van der Waals surface area contributed by atoms with Crippen LogP contribution >= 0.6 is 34.7 Å². The molecule has 1 aromatic rings. The Hall–Kier alpha value is -0.000000000000000139. The van der Waals surface area contributed by atoms with Crippen LogP contribution in [0.3, 0.4) is 0 Å². The summed E-state index contributed by atoms with van der Waals surface area (Å²) in [6.45, 7) is 0. The van der Waals surface area contributed by atoms with Crippen LogP contribution in [0.15, 0.2) is 0 Å². The molecule has 0 aromatic carbocycles. The molecule has 0 radical (unpaired) electrons. The van der Waals surface area contributed by atoms with Crippen LogP contribution in [0.1, 0.15) is 5.82 Å². The van der Waals surface area contributed by atoms with Gasteiger partial charge < -0.3 is 0 Å². The number of alkyl halides is 3. The molecule has 0 aliphatic heterocycles. The first-order chi connectivity index (χ1) is 4.50. The summed E-state index contributed by atoms with van der Waals surface area (Å²) in [6, 6.07) is 0. The Bertz CT molecular complexity index is 233. The first-order valence-corrected chi connectivity index (χ1v) is 3.59. The Labute approximate surface area is 69.0 Å². The molecule has 0 atom stereocenters. The van der Waals surface area contributed by atoms with E-state index in [1.807, 2.05) is 0 Å². The molecular formula is C3Cl2F2N2S. The molecule has 0 amide bonds. The van der Waals surface area contributed by atoms with Crippen molar-refractivity contribution in [1.29, 1.82) is 0 Å². The van der Waals surface area contributed by atoms with Crippen molar-refractivity contribution in [3.8, 4) is 0 Å². The minimum Gasteiger partial charge on any atom is -0.199 e. The fraction of sp³-hybridized carbons (Fsp3) is 0.333. The molecule has 0 spiro atoms. The topological polar surface area (TPSA) is 25.8 Å². The van der Waals surface area contributed by atoms with Crippen LogP contribution in [0.5, 0.6) is 0 Å². The maximum atomic E-state index is 12.4. The Balaban J connectivity index is 2.96. The molecule has 0 saturated carbocycles. The predicted octanol–water partition coefficient (Wildman–Crippen LogP) is 2.23. The first-order valence-electron chi connectivity index (χ1n) is 2.06. The quantitative estimate of drug-likeness (QED) is 0.657. The summed E-state index contributed by atoms with van der Waals surface area (Å²) in [5, 5.41) is -0.863. The van der Waals surface area contributed by atoms with Gasteiger partial charge in [-0.2, -0.15) is 18.1 Å². The highest BCUT2D eigenvalue weighted by Crippen LogP contribution is 2.33. The monoisotopic (exact) mass is 204 g/mol. The molecule has 10 heavy (non-hydrogen) atoms. The molecule has 0 bridgehead atoms. The Morgan fingerprint density at radius 3 is 2.30 bits per heavy atom. The van der Waals surface area contributed by atoms with E-state index in [1.54, 1.807) is 0 Å². The zero-order valence-electron chi connectivity index (χ0n) is 4.31. The number of nitrogens with zero attached hydrogens (tertiary/aromatic N) is 2. The third-order valence-electron chi connectivity index (χ3n) is 0.655. The minimum atomic E-state index is -2.69. The van der Waals surface area contributed by atoms with Gasteiger partial charge in [0, 0.05) is 11.5 Å². The third kappa shape index (κ3) is 1.74. The van der Waals surface area contributed by atoms with Gasteiger partial charge in [0.1, 0.15) is 0 Å². The van der Waals surface area contributed by atoms with E-state index in [2.05, 4.69) is 9.36 Å². The molecule has 2 nitrogen and oxygen atoms in total. The molecule has 1 aromatic heterocycles. The number of rotatable bonds is 1. The minimum absolute atomic E-state index is 0.395. The van der Waals surface area contributed by atoms with Gasteiger partial charge in [0.15, 0.2) is 0 Å². The zero-order chi connectivity index (χ0) is 7.78. The summed E-state index contributed by atoms with van der Waals surface area (Å²) in [5.74, 6) is -0.557. The van der Waals surface area contributed by atoms with Crippen molar-refractivity contribution in [1.82, 2.24) is 9.36 Å². The number of hydrogen-bond acceptors (Lipinski definition) is 3. The fourth-order valence-corrected chi connectivity index (χ4v) is 1.05. The van der Waals surface area contributed by atoms with Crippen molar-refractivity contribution >= 4 is 34.7 Å². The molecule has 56 valence electrons. The van der Waals surface area contributed by atoms with Gasteiger partial charge in [0.2, 0.25) is 5.82 Å². The second kappa shape index (κ2) is 2.56. The normalized spacial score (nSPS) is 12.0. The van der Waals surface area contributed by atoms with Gasteiger partial charge in [0.25, 0.3) is 5.26 Å². The highest BCUT2D eigenvalue weighted by Gasteiger charge is 2.30. The van der Waals surface area contributed by atoms with Gasteiger partial charge >= 0.3 is 4.59 Å². The molecule has 1 rings (SSSR count). The average molecular weight is 205 g/mol. The van der Waals surface area contributed by atoms with E-state index in [0.29, 0.717) is 11.5 Å². The van der Waals surface area contributed by atoms with E-state index in [9.17, 15) is 8.78 Å². The Morgan fingerprint density at radius 1 is 1.50 bits per heavy atom. The third-order valence-corrected chi connectivity index (χ3v) is 1.50. The van der Waals surface area contributed by atoms with E-state index >= 15 is 0 Å². The lowest BCUT2D eigenvalue weighted by Gasteiger charge is -2.00. The average Bonchev–Trinajstić information content (AvgIpc) is 2.11. The lowest BCUT2D eigenvalue weighted by Crippen LogP contribution is -2.03. The summed E-state index contributed by atoms with van der Waals surface area (Å²) in [6.07, 6.45) is 0. The lowest BCUT2D eigenvalue weighted by atomic mass is 10.7. The van der Waals surface area contributed by atoms with Crippen LogP contribution in [0.4, 0.5) is 8.78 Å². The van der Waals surface area contributed by atoms with Gasteiger partial charge in [-0.15, -0.1) is 0 Å². The van der Waals surface area contributed by atoms with E-state index in [0.717, 1.165) is 0 Å². The fourth-order valence-electron chi connectivity index (χ4n) is 0.320. The van der Waals surface area contributed by atoms with Crippen LogP contribution < -0.4 is 0 Å². The van der Waals surface area contributed by atoms with E-state index in [1.165, 1.54) is 0 Å². The van der Waals surface area contributed by atoms with Crippen LogP contribution in [-0.4, -0.2) is 9.36 Å². The molecule has 0 aliphatic rings. The molecule has 7 heteroatoms. The smallest absolute Gasteiger partial charge is 0.199 e.